The first-order chi connectivity index (χ1) is 15.2. The molecule has 3 heterocycles. The summed E-state index contributed by atoms with van der Waals surface area (Å²) in [5.74, 6) is 0.969. The van der Waals surface area contributed by atoms with Gasteiger partial charge in [-0.25, -0.2) is 0 Å². The number of nitrogens with zero attached hydrogens (tertiary/aromatic N) is 4. The van der Waals surface area contributed by atoms with Crippen LogP contribution in [-0.2, 0) is 11.3 Å². The normalized spacial score (nSPS) is 19.9. The van der Waals surface area contributed by atoms with Crippen LogP contribution >= 0.6 is 11.3 Å². The average molecular weight is 443 g/mol. The van der Waals surface area contributed by atoms with E-state index in [-0.39, 0.29) is 11.9 Å². The molecule has 8 heteroatoms. The van der Waals surface area contributed by atoms with Crippen LogP contribution in [0.25, 0.3) is 0 Å². The van der Waals surface area contributed by atoms with E-state index in [2.05, 4.69) is 22.0 Å². The van der Waals surface area contributed by atoms with E-state index < -0.39 is 0 Å². The summed E-state index contributed by atoms with van der Waals surface area (Å²) in [7, 11) is 0. The lowest BCUT2D eigenvalue weighted by atomic mass is 9.99. The van der Waals surface area contributed by atoms with Gasteiger partial charge < -0.3 is 14.5 Å². The van der Waals surface area contributed by atoms with Crippen LogP contribution in [0.5, 0.6) is 5.75 Å². The molecule has 4 rings (SSSR count). The molecule has 1 unspecified atom stereocenters. The Balaban J connectivity index is 1.23. The molecule has 2 fully saturated rings. The summed E-state index contributed by atoms with van der Waals surface area (Å²) in [6, 6.07) is 8.51. The van der Waals surface area contributed by atoms with Crippen LogP contribution in [0.2, 0.25) is 0 Å². The molecule has 1 atom stereocenters. The Kier molecular flexibility index (Phi) is 7.53. The van der Waals surface area contributed by atoms with Crippen molar-refractivity contribution in [2.75, 3.05) is 39.3 Å². The van der Waals surface area contributed by atoms with E-state index in [1.54, 1.807) is 11.7 Å². The minimum atomic E-state index is 0.102. The molecule has 2 saturated heterocycles. The molecule has 2 aromatic rings. The number of benzene rings is 1. The number of ether oxygens (including phenoxy) is 1. The fraction of sp³-hybridized carbons (Fsp3) is 0.522. The molecule has 0 radical (unpaired) electrons. The number of rotatable bonds is 8. The summed E-state index contributed by atoms with van der Waals surface area (Å²) in [6.07, 6.45) is 6.70. The Morgan fingerprint density at radius 3 is 2.65 bits per heavy atom. The van der Waals surface area contributed by atoms with E-state index in [1.807, 2.05) is 21.9 Å². The highest BCUT2D eigenvalue weighted by molar-refractivity contribution is 7.11. The van der Waals surface area contributed by atoms with Gasteiger partial charge in [-0.15, -0.1) is 11.3 Å². The van der Waals surface area contributed by atoms with E-state index in [1.165, 1.54) is 16.9 Å². The molecule has 0 aliphatic carbocycles. The summed E-state index contributed by atoms with van der Waals surface area (Å²) in [5, 5.41) is 0. The standard InChI is InChI=1S/C23H30N4O3S/c28-18-26-12-10-25(11-13-26)16-19-4-6-21(7-5-19)30-14-8-20-3-1-2-9-27(20)23(29)22-15-24-17-31-22/h4-7,15,17-18,20H,1-3,8-14,16H2. The molecule has 2 amide bonds. The van der Waals surface area contributed by atoms with E-state index in [9.17, 15) is 9.59 Å². The zero-order chi connectivity index (χ0) is 21.5. The second-order valence-electron chi connectivity index (χ2n) is 8.21. The van der Waals surface area contributed by atoms with Gasteiger partial charge in [0.15, 0.2) is 0 Å². The number of hydrogen-bond acceptors (Lipinski definition) is 6. The lowest BCUT2D eigenvalue weighted by molar-refractivity contribution is -0.119. The number of piperazine rings is 1. The highest BCUT2D eigenvalue weighted by atomic mass is 32.1. The fourth-order valence-corrected chi connectivity index (χ4v) is 4.90. The van der Waals surface area contributed by atoms with Crippen LogP contribution in [0.3, 0.4) is 0 Å². The molecular formula is C23H30N4O3S. The molecule has 2 aliphatic rings. The Morgan fingerprint density at radius 2 is 1.94 bits per heavy atom. The summed E-state index contributed by atoms with van der Waals surface area (Å²) < 4.78 is 5.99. The molecule has 0 bridgehead atoms. The van der Waals surface area contributed by atoms with Crippen LogP contribution in [0, 0.1) is 0 Å². The molecular weight excluding hydrogens is 412 g/mol. The van der Waals surface area contributed by atoms with Gasteiger partial charge in [0.05, 0.1) is 18.3 Å². The van der Waals surface area contributed by atoms with E-state index in [0.29, 0.717) is 6.61 Å². The molecule has 0 N–H and O–H groups in total. The third-order valence-corrected chi connectivity index (χ3v) is 6.90. The van der Waals surface area contributed by atoms with Gasteiger partial charge in [0, 0.05) is 51.7 Å². The maximum Gasteiger partial charge on any atom is 0.265 e. The SMILES string of the molecule is O=CN1CCN(Cc2ccc(OCCC3CCCCN3C(=O)c3cncs3)cc2)CC1. The number of thiazole rings is 1. The van der Waals surface area contributed by atoms with Crippen LogP contribution in [-0.4, -0.2) is 77.4 Å². The Hall–Kier alpha value is -2.45. The predicted octanol–water partition coefficient (Wildman–Crippen LogP) is 2.88. The third kappa shape index (κ3) is 5.83. The van der Waals surface area contributed by atoms with Gasteiger partial charge in [-0.05, 0) is 37.0 Å². The topological polar surface area (TPSA) is 66.0 Å². The number of hydrogen-bond donors (Lipinski definition) is 0. The molecule has 0 spiro atoms. The first-order valence-electron chi connectivity index (χ1n) is 11.1. The maximum atomic E-state index is 12.8. The number of likely N-dealkylation sites (tertiary alicyclic amines) is 1. The smallest absolute Gasteiger partial charge is 0.265 e. The number of piperidine rings is 1. The third-order valence-electron chi connectivity index (χ3n) is 6.14. The van der Waals surface area contributed by atoms with Gasteiger partial charge in [0.1, 0.15) is 10.6 Å². The zero-order valence-corrected chi connectivity index (χ0v) is 18.6. The quantitative estimate of drug-likeness (QED) is 0.588. The second kappa shape index (κ2) is 10.7. The van der Waals surface area contributed by atoms with E-state index in [0.717, 1.165) is 82.0 Å². The van der Waals surface area contributed by atoms with Gasteiger partial charge in [-0.3, -0.25) is 19.5 Å². The van der Waals surface area contributed by atoms with Crippen LogP contribution in [0.15, 0.2) is 36.0 Å². The summed E-state index contributed by atoms with van der Waals surface area (Å²) in [5.41, 5.74) is 2.96. The van der Waals surface area contributed by atoms with Gasteiger partial charge in [-0.2, -0.15) is 0 Å². The molecule has 1 aromatic heterocycles. The van der Waals surface area contributed by atoms with Crippen molar-refractivity contribution in [3.05, 3.63) is 46.4 Å². The van der Waals surface area contributed by atoms with Crippen molar-refractivity contribution in [2.24, 2.45) is 0 Å². The minimum absolute atomic E-state index is 0.102. The maximum absolute atomic E-state index is 12.8. The van der Waals surface area contributed by atoms with Crippen molar-refractivity contribution in [2.45, 2.75) is 38.3 Å². The van der Waals surface area contributed by atoms with Gasteiger partial charge >= 0.3 is 0 Å². The minimum Gasteiger partial charge on any atom is -0.494 e. The Morgan fingerprint density at radius 1 is 1.13 bits per heavy atom. The highest BCUT2D eigenvalue weighted by Crippen LogP contribution is 2.24. The largest absolute Gasteiger partial charge is 0.494 e. The molecule has 31 heavy (non-hydrogen) atoms. The van der Waals surface area contributed by atoms with Crippen molar-refractivity contribution < 1.29 is 14.3 Å². The van der Waals surface area contributed by atoms with Crippen molar-refractivity contribution in [1.82, 2.24) is 19.7 Å². The van der Waals surface area contributed by atoms with Gasteiger partial charge in [0.2, 0.25) is 6.41 Å². The van der Waals surface area contributed by atoms with Crippen LogP contribution < -0.4 is 4.74 Å². The number of carbonyl (C=O) groups excluding carboxylic acids is 2. The average Bonchev–Trinajstić information content (AvgIpc) is 3.36. The Labute approximate surface area is 187 Å². The second-order valence-corrected chi connectivity index (χ2v) is 9.10. The van der Waals surface area contributed by atoms with Crippen molar-refractivity contribution in [1.29, 1.82) is 0 Å². The first kappa shape index (κ1) is 21.8. The summed E-state index contributed by atoms with van der Waals surface area (Å²) in [6.45, 7) is 5.73. The zero-order valence-electron chi connectivity index (χ0n) is 17.8. The Bertz CT molecular complexity index is 835. The van der Waals surface area contributed by atoms with Crippen LogP contribution in [0.4, 0.5) is 0 Å². The van der Waals surface area contributed by atoms with Crippen molar-refractivity contribution in [3.63, 3.8) is 0 Å². The van der Waals surface area contributed by atoms with Crippen molar-refractivity contribution >= 4 is 23.7 Å². The lowest BCUT2D eigenvalue weighted by Crippen LogP contribution is -2.45. The molecule has 2 aliphatic heterocycles. The van der Waals surface area contributed by atoms with E-state index in [4.69, 9.17) is 4.74 Å². The summed E-state index contributed by atoms with van der Waals surface area (Å²) in [4.78, 5) is 34.6. The number of amides is 2. The lowest BCUT2D eigenvalue weighted by Gasteiger charge is -2.35. The molecule has 0 saturated carbocycles. The van der Waals surface area contributed by atoms with Crippen molar-refractivity contribution in [3.8, 4) is 5.75 Å². The van der Waals surface area contributed by atoms with Gasteiger partial charge in [-0.1, -0.05) is 12.1 Å². The van der Waals surface area contributed by atoms with Gasteiger partial charge in [0.25, 0.3) is 5.91 Å². The predicted molar refractivity (Wildman–Crippen MR) is 120 cm³/mol. The molecule has 7 nitrogen and oxygen atoms in total. The molecule has 166 valence electrons. The molecule has 1 aromatic carbocycles. The highest BCUT2D eigenvalue weighted by Gasteiger charge is 2.28. The first-order valence-corrected chi connectivity index (χ1v) is 11.9. The number of carbonyl (C=O) groups is 2. The summed E-state index contributed by atoms with van der Waals surface area (Å²) >= 11 is 1.41. The fourth-order valence-electron chi connectivity index (χ4n) is 4.32. The van der Waals surface area contributed by atoms with Crippen LogP contribution in [0.1, 0.15) is 40.9 Å². The number of aromatic nitrogens is 1. The van der Waals surface area contributed by atoms with E-state index >= 15 is 0 Å². The monoisotopic (exact) mass is 442 g/mol.